The summed E-state index contributed by atoms with van der Waals surface area (Å²) >= 11 is 0. The van der Waals surface area contributed by atoms with Gasteiger partial charge >= 0.3 is 0 Å². The van der Waals surface area contributed by atoms with E-state index in [9.17, 15) is 4.39 Å². The average Bonchev–Trinajstić information content (AvgIpc) is 2.64. The van der Waals surface area contributed by atoms with Crippen molar-refractivity contribution in [2.45, 2.75) is 13.3 Å². The van der Waals surface area contributed by atoms with E-state index in [0.717, 1.165) is 29.2 Å². The van der Waals surface area contributed by atoms with E-state index in [4.69, 9.17) is 4.74 Å². The number of nitrogens with one attached hydrogen (secondary N) is 2. The van der Waals surface area contributed by atoms with Gasteiger partial charge in [-0.2, -0.15) is 0 Å². The van der Waals surface area contributed by atoms with Crippen molar-refractivity contribution < 1.29 is 9.13 Å². The van der Waals surface area contributed by atoms with Crippen LogP contribution in [0.3, 0.4) is 0 Å². The maximum atomic E-state index is 12.9. The molecular formula is C20H21FN4O. The Balaban J connectivity index is 1.62. The third-order valence-corrected chi connectivity index (χ3v) is 3.83. The number of aromatic nitrogens is 2. The van der Waals surface area contributed by atoms with Crippen molar-refractivity contribution in [1.82, 2.24) is 9.97 Å². The molecule has 5 nitrogen and oxygen atoms in total. The van der Waals surface area contributed by atoms with Crippen molar-refractivity contribution in [3.63, 3.8) is 0 Å². The van der Waals surface area contributed by atoms with E-state index in [1.807, 2.05) is 37.3 Å². The number of anilines is 3. The summed E-state index contributed by atoms with van der Waals surface area (Å²) in [4.78, 5) is 8.82. The standard InChI is InChI=1S/C20H21FN4O/c1-14-23-19(22-12-11-15-3-5-16(21)6-4-15)13-20(24-14)25-17-7-9-18(26-2)10-8-17/h3-10,13H,11-12H2,1-2H3,(H2,22,23,24,25). The van der Waals surface area contributed by atoms with Crippen molar-refractivity contribution in [3.8, 4) is 5.75 Å². The van der Waals surface area contributed by atoms with Crippen molar-refractivity contribution in [2.24, 2.45) is 0 Å². The second-order valence-corrected chi connectivity index (χ2v) is 5.84. The zero-order valence-electron chi connectivity index (χ0n) is 14.8. The molecule has 134 valence electrons. The Kier molecular flexibility index (Phi) is 5.63. The molecule has 0 spiro atoms. The number of nitrogens with zero attached hydrogens (tertiary/aromatic N) is 2. The molecule has 26 heavy (non-hydrogen) atoms. The number of methoxy groups -OCH3 is 1. The van der Waals surface area contributed by atoms with E-state index < -0.39 is 0 Å². The van der Waals surface area contributed by atoms with Gasteiger partial charge in [-0.05, 0) is 55.3 Å². The molecule has 0 aliphatic carbocycles. The Bertz CT molecular complexity index is 851. The molecule has 0 amide bonds. The normalized spacial score (nSPS) is 10.4. The van der Waals surface area contributed by atoms with Crippen LogP contribution in [0.2, 0.25) is 0 Å². The lowest BCUT2D eigenvalue weighted by atomic mass is 10.1. The van der Waals surface area contributed by atoms with Crippen molar-refractivity contribution in [2.75, 3.05) is 24.3 Å². The number of aryl methyl sites for hydroxylation is 1. The predicted octanol–water partition coefficient (Wildman–Crippen LogP) is 4.33. The molecule has 0 bridgehead atoms. The number of benzene rings is 2. The summed E-state index contributed by atoms with van der Waals surface area (Å²) in [6, 6.07) is 16.0. The molecule has 0 saturated carbocycles. The highest BCUT2D eigenvalue weighted by Gasteiger charge is 2.03. The third-order valence-electron chi connectivity index (χ3n) is 3.83. The van der Waals surface area contributed by atoms with Crippen molar-refractivity contribution in [3.05, 3.63) is 71.8 Å². The minimum Gasteiger partial charge on any atom is -0.497 e. The largest absolute Gasteiger partial charge is 0.497 e. The summed E-state index contributed by atoms with van der Waals surface area (Å²) < 4.78 is 18.1. The first kappa shape index (κ1) is 17.7. The van der Waals surface area contributed by atoms with E-state index in [2.05, 4.69) is 20.6 Å². The van der Waals surface area contributed by atoms with Crippen LogP contribution in [-0.2, 0) is 6.42 Å². The van der Waals surface area contributed by atoms with Crippen molar-refractivity contribution >= 4 is 17.3 Å². The highest BCUT2D eigenvalue weighted by atomic mass is 19.1. The van der Waals surface area contributed by atoms with Gasteiger partial charge in [0.2, 0.25) is 0 Å². The number of hydrogen-bond acceptors (Lipinski definition) is 5. The van der Waals surface area contributed by atoms with Crippen LogP contribution in [-0.4, -0.2) is 23.6 Å². The highest BCUT2D eigenvalue weighted by molar-refractivity contribution is 5.60. The topological polar surface area (TPSA) is 59.1 Å². The molecule has 0 aliphatic rings. The maximum Gasteiger partial charge on any atom is 0.136 e. The average molecular weight is 352 g/mol. The molecule has 6 heteroatoms. The Labute approximate surface area is 152 Å². The van der Waals surface area contributed by atoms with Crippen LogP contribution in [0.5, 0.6) is 5.75 Å². The zero-order valence-corrected chi connectivity index (χ0v) is 14.8. The molecule has 3 rings (SSSR count). The Morgan fingerprint density at radius 2 is 1.65 bits per heavy atom. The molecule has 3 aromatic rings. The monoisotopic (exact) mass is 352 g/mol. The van der Waals surface area contributed by atoms with Crippen LogP contribution >= 0.6 is 0 Å². The minimum atomic E-state index is -0.220. The lowest BCUT2D eigenvalue weighted by Crippen LogP contribution is -2.08. The smallest absolute Gasteiger partial charge is 0.136 e. The lowest BCUT2D eigenvalue weighted by Gasteiger charge is -2.11. The second-order valence-electron chi connectivity index (χ2n) is 5.84. The predicted molar refractivity (Wildman–Crippen MR) is 102 cm³/mol. The summed E-state index contributed by atoms with van der Waals surface area (Å²) in [5.41, 5.74) is 1.99. The van der Waals surface area contributed by atoms with Gasteiger partial charge in [0.25, 0.3) is 0 Å². The molecule has 1 aromatic heterocycles. The summed E-state index contributed by atoms with van der Waals surface area (Å²) in [5, 5.41) is 6.55. The van der Waals surface area contributed by atoms with Crippen LogP contribution in [0.4, 0.5) is 21.7 Å². The minimum absolute atomic E-state index is 0.220. The molecule has 0 saturated heterocycles. The van der Waals surface area contributed by atoms with Crippen LogP contribution in [0.25, 0.3) is 0 Å². The SMILES string of the molecule is COc1ccc(Nc2cc(NCCc3ccc(F)cc3)nc(C)n2)cc1. The van der Waals surface area contributed by atoms with E-state index in [1.165, 1.54) is 12.1 Å². The fraction of sp³-hybridized carbons (Fsp3) is 0.200. The third kappa shape index (κ3) is 4.92. The van der Waals surface area contributed by atoms with Gasteiger partial charge in [0.1, 0.15) is 29.0 Å². The molecule has 1 heterocycles. The fourth-order valence-corrected chi connectivity index (χ4v) is 2.53. The van der Waals surface area contributed by atoms with E-state index >= 15 is 0 Å². The lowest BCUT2D eigenvalue weighted by molar-refractivity contribution is 0.415. The van der Waals surface area contributed by atoms with E-state index in [-0.39, 0.29) is 5.82 Å². The summed E-state index contributed by atoms with van der Waals surface area (Å²) in [5.74, 6) is 2.72. The second kappa shape index (κ2) is 8.29. The fourth-order valence-electron chi connectivity index (χ4n) is 2.53. The van der Waals surface area contributed by atoms with Gasteiger partial charge in [-0.3, -0.25) is 0 Å². The molecule has 2 aromatic carbocycles. The van der Waals surface area contributed by atoms with Gasteiger partial charge in [-0.1, -0.05) is 12.1 Å². The summed E-state index contributed by atoms with van der Waals surface area (Å²) in [6.45, 7) is 2.55. The van der Waals surface area contributed by atoms with Gasteiger partial charge in [0.05, 0.1) is 7.11 Å². The molecule has 0 unspecified atom stereocenters. The highest BCUT2D eigenvalue weighted by Crippen LogP contribution is 2.20. The van der Waals surface area contributed by atoms with Crippen LogP contribution in [0, 0.1) is 12.7 Å². The summed E-state index contributed by atoms with van der Waals surface area (Å²) in [7, 11) is 1.64. The van der Waals surface area contributed by atoms with Gasteiger partial charge in [0, 0.05) is 18.3 Å². The Morgan fingerprint density at radius 1 is 0.962 bits per heavy atom. The number of halogens is 1. The summed E-state index contributed by atoms with van der Waals surface area (Å²) in [6.07, 6.45) is 0.782. The molecule has 2 N–H and O–H groups in total. The molecule has 0 aliphatic heterocycles. The number of ether oxygens (including phenoxy) is 1. The zero-order chi connectivity index (χ0) is 18.4. The van der Waals surface area contributed by atoms with Crippen molar-refractivity contribution in [1.29, 1.82) is 0 Å². The van der Waals surface area contributed by atoms with Crippen LogP contribution < -0.4 is 15.4 Å². The number of hydrogen-bond donors (Lipinski definition) is 2. The van der Waals surface area contributed by atoms with Crippen LogP contribution in [0.1, 0.15) is 11.4 Å². The first-order valence-electron chi connectivity index (χ1n) is 8.37. The van der Waals surface area contributed by atoms with E-state index in [1.54, 1.807) is 19.2 Å². The maximum absolute atomic E-state index is 12.9. The molecule has 0 fully saturated rings. The first-order valence-corrected chi connectivity index (χ1v) is 8.37. The quantitative estimate of drug-likeness (QED) is 0.663. The van der Waals surface area contributed by atoms with E-state index in [0.29, 0.717) is 18.2 Å². The first-order chi connectivity index (χ1) is 12.6. The van der Waals surface area contributed by atoms with Gasteiger partial charge < -0.3 is 15.4 Å². The van der Waals surface area contributed by atoms with Gasteiger partial charge in [0.15, 0.2) is 0 Å². The van der Waals surface area contributed by atoms with Gasteiger partial charge in [-0.25, -0.2) is 14.4 Å². The van der Waals surface area contributed by atoms with Crippen LogP contribution in [0.15, 0.2) is 54.6 Å². The number of rotatable bonds is 7. The Hall–Kier alpha value is -3.15. The Morgan fingerprint density at radius 3 is 2.35 bits per heavy atom. The molecule has 0 radical (unpaired) electrons. The van der Waals surface area contributed by atoms with Gasteiger partial charge in [-0.15, -0.1) is 0 Å². The molecular weight excluding hydrogens is 331 g/mol. The molecule has 0 atom stereocenters.